The number of ether oxygens (including phenoxy) is 1. The molecule has 0 aliphatic rings. The van der Waals surface area contributed by atoms with E-state index < -0.39 is 39.0 Å². The van der Waals surface area contributed by atoms with Crippen LogP contribution in [-0.2, 0) is 14.8 Å². The number of nitro benzene ring substituents is 1. The molecule has 1 heterocycles. The Hall–Kier alpha value is -4.32. The van der Waals surface area contributed by atoms with E-state index in [0.717, 1.165) is 12.1 Å². The standard InChI is InChI=1S/C23H21N3O8S/c1-13-21(15(3)27)14(2)24-22(13)20(28)12-34-23(29)18-9-4-5-10-19(18)25-35(32,33)17-8-6-7-16(11-17)26(30)31/h4-11,24-25H,12H2,1-3H3. The van der Waals surface area contributed by atoms with E-state index in [2.05, 4.69) is 9.71 Å². The van der Waals surface area contributed by atoms with E-state index in [9.17, 15) is 32.9 Å². The van der Waals surface area contributed by atoms with Gasteiger partial charge in [0, 0.05) is 23.4 Å². The van der Waals surface area contributed by atoms with Crippen LogP contribution in [0.4, 0.5) is 11.4 Å². The van der Waals surface area contributed by atoms with Gasteiger partial charge in [0.15, 0.2) is 12.4 Å². The van der Waals surface area contributed by atoms with E-state index in [1.807, 2.05) is 0 Å². The number of carbonyl (C=O) groups excluding carboxylic acids is 3. The number of nitrogens with zero attached hydrogens (tertiary/aromatic N) is 1. The maximum absolute atomic E-state index is 12.8. The number of aryl methyl sites for hydroxylation is 1. The number of carbonyl (C=O) groups is 3. The zero-order chi connectivity index (χ0) is 25.9. The SMILES string of the molecule is CC(=O)c1c(C)[nH]c(C(=O)COC(=O)c2ccccc2NS(=O)(=O)c2cccc([N+](=O)[O-])c2)c1C. The number of benzene rings is 2. The molecule has 0 spiro atoms. The summed E-state index contributed by atoms with van der Waals surface area (Å²) in [5.41, 5.74) is 0.773. The van der Waals surface area contributed by atoms with Crippen LogP contribution in [0.25, 0.3) is 0 Å². The van der Waals surface area contributed by atoms with E-state index in [1.54, 1.807) is 13.8 Å². The number of anilines is 1. The Balaban J connectivity index is 1.79. The van der Waals surface area contributed by atoms with E-state index >= 15 is 0 Å². The number of aromatic nitrogens is 1. The summed E-state index contributed by atoms with van der Waals surface area (Å²) in [5.74, 6) is -1.75. The molecule has 3 aromatic rings. The van der Waals surface area contributed by atoms with Crippen LogP contribution in [0.1, 0.15) is 49.4 Å². The summed E-state index contributed by atoms with van der Waals surface area (Å²) in [7, 11) is -4.28. The normalized spacial score (nSPS) is 11.1. The molecule has 0 saturated carbocycles. The minimum Gasteiger partial charge on any atom is -0.454 e. The topological polar surface area (TPSA) is 166 Å². The van der Waals surface area contributed by atoms with Gasteiger partial charge in [0.05, 0.1) is 26.8 Å². The monoisotopic (exact) mass is 499 g/mol. The highest BCUT2D eigenvalue weighted by atomic mass is 32.2. The zero-order valence-corrected chi connectivity index (χ0v) is 19.8. The fraction of sp³-hybridized carbons (Fsp3) is 0.174. The summed E-state index contributed by atoms with van der Waals surface area (Å²) >= 11 is 0. The summed E-state index contributed by atoms with van der Waals surface area (Å²) in [6.45, 7) is 3.98. The van der Waals surface area contributed by atoms with Gasteiger partial charge in [0.1, 0.15) is 0 Å². The molecule has 0 radical (unpaired) electrons. The van der Waals surface area contributed by atoms with Crippen molar-refractivity contribution in [3.63, 3.8) is 0 Å². The number of aromatic amines is 1. The molecule has 0 saturated heterocycles. The lowest BCUT2D eigenvalue weighted by Gasteiger charge is -2.12. The van der Waals surface area contributed by atoms with Crippen molar-refractivity contribution >= 4 is 38.9 Å². The first kappa shape index (κ1) is 25.3. The second-order valence-electron chi connectivity index (χ2n) is 7.59. The fourth-order valence-electron chi connectivity index (χ4n) is 3.56. The molecule has 0 aliphatic heterocycles. The van der Waals surface area contributed by atoms with Crippen molar-refractivity contribution in [1.29, 1.82) is 0 Å². The van der Waals surface area contributed by atoms with Gasteiger partial charge >= 0.3 is 5.97 Å². The molecule has 2 aromatic carbocycles. The van der Waals surface area contributed by atoms with E-state index in [4.69, 9.17) is 4.74 Å². The van der Waals surface area contributed by atoms with Crippen molar-refractivity contribution in [1.82, 2.24) is 4.98 Å². The molecule has 0 amide bonds. The van der Waals surface area contributed by atoms with E-state index in [0.29, 0.717) is 16.8 Å². The lowest BCUT2D eigenvalue weighted by molar-refractivity contribution is -0.385. The second-order valence-corrected chi connectivity index (χ2v) is 9.27. The maximum atomic E-state index is 12.8. The number of H-pyrrole nitrogens is 1. The molecule has 35 heavy (non-hydrogen) atoms. The fourth-order valence-corrected chi connectivity index (χ4v) is 4.67. The molecule has 0 aliphatic carbocycles. The minimum atomic E-state index is -4.28. The number of hydrogen-bond donors (Lipinski definition) is 2. The third kappa shape index (κ3) is 5.44. The van der Waals surface area contributed by atoms with Crippen LogP contribution in [0.5, 0.6) is 0 Å². The van der Waals surface area contributed by atoms with Crippen LogP contribution in [0.15, 0.2) is 53.4 Å². The maximum Gasteiger partial charge on any atom is 0.340 e. The second kappa shape index (κ2) is 9.89. The molecular weight excluding hydrogens is 478 g/mol. The summed E-state index contributed by atoms with van der Waals surface area (Å²) in [4.78, 5) is 49.7. The van der Waals surface area contributed by atoms with Crippen molar-refractivity contribution in [3.05, 3.63) is 86.7 Å². The number of nitro groups is 1. The number of rotatable bonds is 9. The average Bonchev–Trinajstić information content (AvgIpc) is 3.11. The minimum absolute atomic E-state index is 0.137. The van der Waals surface area contributed by atoms with Crippen LogP contribution >= 0.6 is 0 Å². The molecule has 0 bridgehead atoms. The van der Waals surface area contributed by atoms with E-state index in [-0.39, 0.29) is 27.6 Å². The zero-order valence-electron chi connectivity index (χ0n) is 18.9. The Kier molecular flexibility index (Phi) is 7.15. The Morgan fingerprint density at radius 3 is 2.40 bits per heavy atom. The number of sulfonamides is 1. The van der Waals surface area contributed by atoms with Crippen LogP contribution in [0.3, 0.4) is 0 Å². The molecule has 12 heteroatoms. The Morgan fingerprint density at radius 1 is 1.09 bits per heavy atom. The van der Waals surface area contributed by atoms with Gasteiger partial charge < -0.3 is 9.72 Å². The highest BCUT2D eigenvalue weighted by Crippen LogP contribution is 2.24. The highest BCUT2D eigenvalue weighted by Gasteiger charge is 2.24. The molecule has 0 unspecified atom stereocenters. The number of para-hydroxylation sites is 1. The summed E-state index contributed by atoms with van der Waals surface area (Å²) < 4.78 is 32.8. The van der Waals surface area contributed by atoms with Gasteiger partial charge in [-0.05, 0) is 44.5 Å². The average molecular weight is 500 g/mol. The first-order valence-electron chi connectivity index (χ1n) is 10.2. The predicted molar refractivity (Wildman–Crippen MR) is 125 cm³/mol. The third-order valence-corrected chi connectivity index (χ3v) is 6.50. The summed E-state index contributed by atoms with van der Waals surface area (Å²) in [5, 5.41) is 11.0. The number of nitrogens with one attached hydrogen (secondary N) is 2. The van der Waals surface area contributed by atoms with Crippen LogP contribution in [0, 0.1) is 24.0 Å². The van der Waals surface area contributed by atoms with Gasteiger partial charge in [-0.25, -0.2) is 13.2 Å². The predicted octanol–water partition coefficient (Wildman–Crippen LogP) is 3.58. The van der Waals surface area contributed by atoms with Gasteiger partial charge in [-0.15, -0.1) is 0 Å². The molecule has 182 valence electrons. The van der Waals surface area contributed by atoms with Crippen LogP contribution in [-0.4, -0.2) is 42.5 Å². The van der Waals surface area contributed by atoms with Gasteiger partial charge in [0.2, 0.25) is 5.78 Å². The first-order valence-corrected chi connectivity index (χ1v) is 11.7. The summed E-state index contributed by atoms with van der Waals surface area (Å²) in [6.07, 6.45) is 0. The molecule has 11 nitrogen and oxygen atoms in total. The summed E-state index contributed by atoms with van der Waals surface area (Å²) in [6, 6.07) is 9.99. The lowest BCUT2D eigenvalue weighted by atomic mass is 10.1. The molecule has 0 fully saturated rings. The van der Waals surface area contributed by atoms with Crippen LogP contribution < -0.4 is 4.72 Å². The van der Waals surface area contributed by atoms with Crippen molar-refractivity contribution in [2.75, 3.05) is 11.3 Å². The van der Waals surface area contributed by atoms with Gasteiger partial charge in [-0.3, -0.25) is 24.4 Å². The first-order chi connectivity index (χ1) is 16.4. The van der Waals surface area contributed by atoms with Crippen LogP contribution in [0.2, 0.25) is 0 Å². The number of hydrogen-bond acceptors (Lipinski definition) is 8. The lowest BCUT2D eigenvalue weighted by Crippen LogP contribution is -2.19. The molecule has 0 atom stereocenters. The third-order valence-electron chi connectivity index (χ3n) is 5.13. The van der Waals surface area contributed by atoms with Crippen molar-refractivity contribution in [3.8, 4) is 0 Å². The Labute approximate surface area is 200 Å². The Morgan fingerprint density at radius 2 is 1.77 bits per heavy atom. The molecular formula is C23H21N3O8S. The van der Waals surface area contributed by atoms with E-state index in [1.165, 1.54) is 43.3 Å². The quantitative estimate of drug-likeness (QED) is 0.195. The largest absolute Gasteiger partial charge is 0.454 e. The van der Waals surface area contributed by atoms with Gasteiger partial charge in [-0.2, -0.15) is 0 Å². The number of Topliss-reactive ketones (excluding diaryl/α,β-unsaturated/α-hetero) is 2. The molecule has 3 rings (SSSR count). The van der Waals surface area contributed by atoms with Crippen molar-refractivity contribution in [2.24, 2.45) is 0 Å². The molecule has 1 aromatic heterocycles. The number of non-ortho nitro benzene ring substituents is 1. The van der Waals surface area contributed by atoms with Gasteiger partial charge in [0.25, 0.3) is 15.7 Å². The van der Waals surface area contributed by atoms with Crippen molar-refractivity contribution < 1.29 is 32.5 Å². The van der Waals surface area contributed by atoms with Crippen molar-refractivity contribution in [2.45, 2.75) is 25.7 Å². The number of esters is 1. The van der Waals surface area contributed by atoms with Gasteiger partial charge in [-0.1, -0.05) is 18.2 Å². The molecule has 2 N–H and O–H groups in total. The highest BCUT2D eigenvalue weighted by molar-refractivity contribution is 7.92. The number of ketones is 2. The Bertz CT molecular complexity index is 1460. The smallest absolute Gasteiger partial charge is 0.340 e.